The minimum absolute atomic E-state index is 0.212. The van der Waals surface area contributed by atoms with Crippen molar-refractivity contribution >= 4 is 37.9 Å². The van der Waals surface area contributed by atoms with Gasteiger partial charge in [0, 0.05) is 11.3 Å². The van der Waals surface area contributed by atoms with Crippen LogP contribution in [0, 0.1) is 6.92 Å². The Morgan fingerprint density at radius 2 is 1.34 bits per heavy atom. The summed E-state index contributed by atoms with van der Waals surface area (Å²) in [6.07, 6.45) is 1.45. The van der Waals surface area contributed by atoms with E-state index in [4.69, 9.17) is 9.11 Å². The maximum Gasteiger partial charge on any atom is 0.294 e. The largest absolute Gasteiger partial charge is 0.295 e. The van der Waals surface area contributed by atoms with E-state index in [9.17, 15) is 26.4 Å². The molecule has 4 N–H and O–H groups in total. The molecule has 4 rings (SSSR count). The second-order valence-electron chi connectivity index (χ2n) is 7.82. The molecule has 0 saturated carbocycles. The first-order chi connectivity index (χ1) is 16.3. The monoisotopic (exact) mass is 520 g/mol. The van der Waals surface area contributed by atoms with Crippen LogP contribution in [0.5, 0.6) is 0 Å². The van der Waals surface area contributed by atoms with Crippen molar-refractivity contribution in [3.63, 3.8) is 0 Å². The zero-order valence-electron chi connectivity index (χ0n) is 18.3. The molecular formula is C21H20N4O8S2. The van der Waals surface area contributed by atoms with Crippen molar-refractivity contribution in [2.24, 2.45) is 0 Å². The Bertz CT molecular complexity index is 1620. The molecule has 0 radical (unpaired) electrons. The second kappa shape index (κ2) is 8.58. The lowest BCUT2D eigenvalue weighted by atomic mass is 10.1. The highest BCUT2D eigenvalue weighted by atomic mass is 32.2. The number of hydrogen-bond acceptors (Lipinski definition) is 7. The Hall–Kier alpha value is -3.56. The highest BCUT2D eigenvalue weighted by Crippen LogP contribution is 2.25. The van der Waals surface area contributed by atoms with E-state index in [-0.39, 0.29) is 20.9 Å². The van der Waals surface area contributed by atoms with E-state index >= 15 is 0 Å². The molecule has 1 atom stereocenters. The van der Waals surface area contributed by atoms with Crippen LogP contribution in [0.25, 0.3) is 11.8 Å². The van der Waals surface area contributed by atoms with Gasteiger partial charge in [0.15, 0.2) is 0 Å². The molecule has 3 aromatic rings. The number of nitrogens with zero attached hydrogens (tertiary/aromatic N) is 2. The Morgan fingerprint density at radius 3 is 1.83 bits per heavy atom. The van der Waals surface area contributed by atoms with Crippen LogP contribution in [0.15, 0.2) is 68.7 Å². The lowest BCUT2D eigenvalue weighted by Crippen LogP contribution is -2.36. The molecule has 1 saturated heterocycles. The summed E-state index contributed by atoms with van der Waals surface area (Å²) in [4.78, 5) is 25.5. The van der Waals surface area contributed by atoms with Crippen molar-refractivity contribution in [3.8, 4) is 5.69 Å². The van der Waals surface area contributed by atoms with E-state index in [1.165, 1.54) is 40.0 Å². The second-order valence-corrected chi connectivity index (χ2v) is 10.7. The van der Waals surface area contributed by atoms with Crippen LogP contribution in [0.1, 0.15) is 18.2 Å². The van der Waals surface area contributed by atoms with Crippen LogP contribution in [-0.4, -0.2) is 47.7 Å². The molecule has 14 heteroatoms. The van der Waals surface area contributed by atoms with Gasteiger partial charge in [0.05, 0.1) is 32.8 Å². The number of benzene rings is 2. The third kappa shape index (κ3) is 4.69. The first-order valence-corrected chi connectivity index (χ1v) is 12.9. The lowest BCUT2D eigenvalue weighted by Gasteiger charge is -2.16. The molecule has 35 heavy (non-hydrogen) atoms. The van der Waals surface area contributed by atoms with Gasteiger partial charge in [-0.05, 0) is 68.5 Å². The fourth-order valence-corrected chi connectivity index (χ4v) is 4.58. The number of rotatable bonds is 5. The van der Waals surface area contributed by atoms with Crippen molar-refractivity contribution in [1.29, 1.82) is 0 Å². The maximum absolute atomic E-state index is 13.1. The van der Waals surface area contributed by atoms with Crippen molar-refractivity contribution in [3.05, 3.63) is 75.7 Å². The third-order valence-corrected chi connectivity index (χ3v) is 7.18. The molecule has 0 spiro atoms. The fourth-order valence-electron chi connectivity index (χ4n) is 3.62. The molecule has 12 nitrogen and oxygen atoms in total. The van der Waals surface area contributed by atoms with Crippen molar-refractivity contribution in [1.82, 2.24) is 15.2 Å². The van der Waals surface area contributed by atoms with Gasteiger partial charge in [0.2, 0.25) is 0 Å². The van der Waals surface area contributed by atoms with Crippen LogP contribution >= 0.6 is 0 Å². The van der Waals surface area contributed by atoms with Crippen LogP contribution < -0.4 is 16.0 Å². The predicted octanol–water partition coefficient (Wildman–Crippen LogP) is 1.29. The summed E-state index contributed by atoms with van der Waals surface area (Å²) < 4.78 is 64.4. The van der Waals surface area contributed by atoms with Gasteiger partial charge >= 0.3 is 0 Å². The van der Waals surface area contributed by atoms with Gasteiger partial charge in [-0.3, -0.25) is 23.8 Å². The van der Waals surface area contributed by atoms with Crippen molar-refractivity contribution in [2.45, 2.75) is 29.7 Å². The number of aromatic nitrogens is 2. The molecule has 1 amide bonds. The molecule has 1 aliphatic heterocycles. The van der Waals surface area contributed by atoms with Crippen molar-refractivity contribution in [2.75, 3.05) is 5.01 Å². The van der Waals surface area contributed by atoms with Gasteiger partial charge in [-0.2, -0.15) is 16.8 Å². The van der Waals surface area contributed by atoms with Crippen LogP contribution in [0.3, 0.4) is 0 Å². The van der Waals surface area contributed by atoms with Gasteiger partial charge in [-0.1, -0.05) is 0 Å². The number of anilines is 1. The molecule has 1 unspecified atom stereocenters. The Morgan fingerprint density at radius 1 is 0.857 bits per heavy atom. The molecule has 2 heterocycles. The summed E-state index contributed by atoms with van der Waals surface area (Å²) >= 11 is 0. The minimum Gasteiger partial charge on any atom is -0.295 e. The zero-order chi connectivity index (χ0) is 25.7. The molecule has 0 aliphatic carbocycles. The average molecular weight is 521 g/mol. The highest BCUT2D eigenvalue weighted by molar-refractivity contribution is 7.86. The van der Waals surface area contributed by atoms with Crippen molar-refractivity contribution < 1.29 is 30.7 Å². The first kappa shape index (κ1) is 24.6. The number of aryl methyl sites for hydroxylation is 1. The minimum atomic E-state index is -4.38. The van der Waals surface area contributed by atoms with E-state index in [2.05, 4.69) is 10.5 Å². The van der Waals surface area contributed by atoms with Gasteiger partial charge < -0.3 is 0 Å². The topological polar surface area (TPSA) is 179 Å². The van der Waals surface area contributed by atoms with E-state index in [1.54, 1.807) is 13.8 Å². The summed E-state index contributed by atoms with van der Waals surface area (Å²) in [5, 5.41) is 4.08. The number of amides is 1. The summed E-state index contributed by atoms with van der Waals surface area (Å²) in [6, 6.07) is 9.55. The summed E-state index contributed by atoms with van der Waals surface area (Å²) in [7, 11) is -8.76. The molecule has 1 fully saturated rings. The van der Waals surface area contributed by atoms with Crippen LogP contribution in [0.2, 0.25) is 0 Å². The standard InChI is InChI=1S/C21H20N4O8S2/c1-12-18(20(26)24(22-12)14-3-7-16(8-4-14)34(28,29)30)11-19-13(2)23-25(21(19)27)15-5-9-17(10-6-15)35(31,32)33/h3-12,22-23H,1-2H3,(H,28,29,30)(H,31,32,33). The predicted molar refractivity (Wildman–Crippen MR) is 125 cm³/mol. The lowest BCUT2D eigenvalue weighted by molar-refractivity contribution is -0.114. The quantitative estimate of drug-likeness (QED) is 0.285. The van der Waals surface area contributed by atoms with E-state index in [0.717, 1.165) is 24.3 Å². The number of H-pyrrole nitrogens is 1. The Labute approximate surface area is 200 Å². The fraction of sp³-hybridized carbons (Fsp3) is 0.143. The van der Waals surface area contributed by atoms with Gasteiger partial charge in [0.1, 0.15) is 0 Å². The maximum atomic E-state index is 13.1. The number of carbonyl (C=O) groups excluding carboxylic acids is 1. The third-order valence-electron chi connectivity index (χ3n) is 5.44. The summed E-state index contributed by atoms with van der Waals surface area (Å²) in [5.74, 6) is -0.457. The summed E-state index contributed by atoms with van der Waals surface area (Å²) in [5.41, 5.74) is 4.06. The van der Waals surface area contributed by atoms with E-state index in [1.807, 2.05) is 0 Å². The average Bonchev–Trinajstić information content (AvgIpc) is 3.23. The smallest absolute Gasteiger partial charge is 0.294 e. The SMILES string of the molecule is Cc1[nH]n(-c2ccc(S(=O)(=O)O)cc2)c(=O)c1C=C1C(=O)N(c2ccc(S(=O)(=O)O)cc2)NC1C. The Balaban J connectivity index is 1.66. The van der Waals surface area contributed by atoms with Gasteiger partial charge in [0.25, 0.3) is 31.7 Å². The van der Waals surface area contributed by atoms with E-state index < -0.39 is 37.7 Å². The zero-order valence-corrected chi connectivity index (χ0v) is 20.0. The number of hydrogen-bond donors (Lipinski definition) is 4. The molecule has 1 aliphatic rings. The number of nitrogens with one attached hydrogen (secondary N) is 2. The number of carbonyl (C=O) groups is 1. The Kier molecular flexibility index (Phi) is 6.02. The van der Waals surface area contributed by atoms with Gasteiger partial charge in [-0.15, -0.1) is 0 Å². The van der Waals surface area contributed by atoms with Crippen LogP contribution in [-0.2, 0) is 25.0 Å². The number of hydrazine groups is 1. The molecule has 184 valence electrons. The van der Waals surface area contributed by atoms with Crippen LogP contribution in [0.4, 0.5) is 5.69 Å². The number of aromatic amines is 1. The molecule has 2 aromatic carbocycles. The molecular weight excluding hydrogens is 500 g/mol. The van der Waals surface area contributed by atoms with E-state index in [0.29, 0.717) is 17.1 Å². The highest BCUT2D eigenvalue weighted by Gasteiger charge is 2.33. The molecule has 1 aromatic heterocycles. The van der Waals surface area contributed by atoms with Gasteiger partial charge in [-0.25, -0.2) is 15.1 Å². The summed E-state index contributed by atoms with van der Waals surface area (Å²) in [6.45, 7) is 3.35. The molecule has 0 bridgehead atoms. The normalized spacial score (nSPS) is 17.9. The first-order valence-electron chi connectivity index (χ1n) is 10.1.